The fourth-order valence-corrected chi connectivity index (χ4v) is 1.82. The quantitative estimate of drug-likeness (QED) is 0.478. The second kappa shape index (κ2) is 1.98. The summed E-state index contributed by atoms with van der Waals surface area (Å²) in [5, 5.41) is 0. The standard InChI is InChI=1S/C10H14/c1-7-5-9-3-4-10(9)6-8(7)2/h3-5,7-8,10H,6H2,1-2H3. The van der Waals surface area contributed by atoms with Gasteiger partial charge in [0.15, 0.2) is 0 Å². The topological polar surface area (TPSA) is 0 Å². The number of hydrogen-bond donors (Lipinski definition) is 0. The van der Waals surface area contributed by atoms with Gasteiger partial charge in [-0.1, -0.05) is 32.1 Å². The van der Waals surface area contributed by atoms with Gasteiger partial charge < -0.3 is 0 Å². The van der Waals surface area contributed by atoms with E-state index in [1.807, 2.05) is 0 Å². The summed E-state index contributed by atoms with van der Waals surface area (Å²) in [4.78, 5) is 0. The molecule has 54 valence electrons. The van der Waals surface area contributed by atoms with Gasteiger partial charge in [0.05, 0.1) is 0 Å². The van der Waals surface area contributed by atoms with E-state index >= 15 is 0 Å². The molecule has 2 rings (SSSR count). The van der Waals surface area contributed by atoms with Crippen molar-refractivity contribution in [2.24, 2.45) is 17.8 Å². The summed E-state index contributed by atoms with van der Waals surface area (Å²) in [6.07, 6.45) is 8.39. The van der Waals surface area contributed by atoms with Crippen molar-refractivity contribution in [1.82, 2.24) is 0 Å². The van der Waals surface area contributed by atoms with Crippen LogP contribution in [-0.2, 0) is 0 Å². The van der Waals surface area contributed by atoms with Gasteiger partial charge in [-0.25, -0.2) is 0 Å². The Labute approximate surface area is 62.6 Å². The van der Waals surface area contributed by atoms with Crippen LogP contribution >= 0.6 is 0 Å². The Bertz CT molecular complexity index is 198. The lowest BCUT2D eigenvalue weighted by molar-refractivity contribution is 0.363. The summed E-state index contributed by atoms with van der Waals surface area (Å²) in [7, 11) is 0. The molecule has 0 aromatic rings. The van der Waals surface area contributed by atoms with Gasteiger partial charge >= 0.3 is 0 Å². The van der Waals surface area contributed by atoms with Crippen LogP contribution in [0, 0.1) is 17.8 Å². The van der Waals surface area contributed by atoms with Crippen LogP contribution in [-0.4, -0.2) is 0 Å². The van der Waals surface area contributed by atoms with Crippen molar-refractivity contribution >= 4 is 0 Å². The molecule has 0 heterocycles. The predicted molar refractivity (Wildman–Crippen MR) is 43.7 cm³/mol. The fraction of sp³-hybridized carbons (Fsp3) is 0.600. The van der Waals surface area contributed by atoms with Crippen molar-refractivity contribution in [1.29, 1.82) is 0 Å². The van der Waals surface area contributed by atoms with Gasteiger partial charge in [0.25, 0.3) is 0 Å². The maximum atomic E-state index is 2.43. The van der Waals surface area contributed by atoms with E-state index in [1.54, 1.807) is 5.57 Å². The highest BCUT2D eigenvalue weighted by Gasteiger charge is 2.26. The molecule has 3 atom stereocenters. The van der Waals surface area contributed by atoms with Gasteiger partial charge in [-0.3, -0.25) is 0 Å². The molecular weight excluding hydrogens is 120 g/mol. The molecule has 0 saturated carbocycles. The molecule has 0 radical (unpaired) electrons. The van der Waals surface area contributed by atoms with Crippen LogP contribution in [0.3, 0.4) is 0 Å². The zero-order valence-corrected chi connectivity index (χ0v) is 6.67. The van der Waals surface area contributed by atoms with Crippen LogP contribution in [0.4, 0.5) is 0 Å². The Morgan fingerprint density at radius 3 is 2.70 bits per heavy atom. The van der Waals surface area contributed by atoms with Crippen molar-refractivity contribution in [2.75, 3.05) is 0 Å². The summed E-state index contributed by atoms with van der Waals surface area (Å²) in [6, 6.07) is 0. The normalized spacial score (nSPS) is 43.8. The molecule has 0 nitrogen and oxygen atoms in total. The lowest BCUT2D eigenvalue weighted by Gasteiger charge is -2.33. The Hall–Kier alpha value is -0.520. The van der Waals surface area contributed by atoms with Gasteiger partial charge in [0.2, 0.25) is 0 Å². The third kappa shape index (κ3) is 0.749. The highest BCUT2D eigenvalue weighted by atomic mass is 14.3. The van der Waals surface area contributed by atoms with Crippen LogP contribution in [0.5, 0.6) is 0 Å². The van der Waals surface area contributed by atoms with Crippen molar-refractivity contribution < 1.29 is 0 Å². The van der Waals surface area contributed by atoms with Crippen molar-refractivity contribution in [3.05, 3.63) is 23.8 Å². The Kier molecular flexibility index (Phi) is 1.23. The molecule has 0 spiro atoms. The maximum absolute atomic E-state index is 2.43. The summed E-state index contributed by atoms with van der Waals surface area (Å²) in [6.45, 7) is 4.67. The first-order valence-corrected chi connectivity index (χ1v) is 4.17. The molecule has 0 N–H and O–H groups in total. The lowest BCUT2D eigenvalue weighted by atomic mass is 9.72. The Balaban J connectivity index is 2.22. The molecule has 0 saturated heterocycles. The van der Waals surface area contributed by atoms with Crippen molar-refractivity contribution in [3.8, 4) is 0 Å². The fourth-order valence-electron chi connectivity index (χ4n) is 1.82. The highest BCUT2D eigenvalue weighted by Crippen LogP contribution is 2.39. The SMILES string of the molecule is CC1C=C2C=CC2CC1C. The number of hydrogen-bond acceptors (Lipinski definition) is 0. The number of fused-ring (bicyclic) bond motifs is 1. The predicted octanol–water partition coefficient (Wildman–Crippen LogP) is 2.77. The minimum Gasteiger partial charge on any atom is -0.0776 e. The Morgan fingerprint density at radius 1 is 1.40 bits per heavy atom. The summed E-state index contributed by atoms with van der Waals surface area (Å²) < 4.78 is 0. The van der Waals surface area contributed by atoms with Crippen LogP contribution in [0.15, 0.2) is 23.8 Å². The molecule has 0 aliphatic heterocycles. The average Bonchev–Trinajstić information content (AvgIpc) is 1.89. The minimum atomic E-state index is 0.802. The summed E-state index contributed by atoms with van der Waals surface area (Å²) in [5.74, 6) is 2.51. The van der Waals surface area contributed by atoms with E-state index in [2.05, 4.69) is 32.1 Å². The molecule has 0 bridgehead atoms. The first kappa shape index (κ1) is 6.21. The Morgan fingerprint density at radius 2 is 2.20 bits per heavy atom. The molecule has 0 heteroatoms. The van der Waals surface area contributed by atoms with E-state index in [4.69, 9.17) is 0 Å². The molecule has 0 fully saturated rings. The molecule has 0 aromatic carbocycles. The van der Waals surface area contributed by atoms with Crippen LogP contribution in [0.25, 0.3) is 0 Å². The highest BCUT2D eigenvalue weighted by molar-refractivity contribution is 5.37. The maximum Gasteiger partial charge on any atom is 0.00207 e. The number of allylic oxidation sites excluding steroid dienone is 4. The largest absolute Gasteiger partial charge is 0.0776 e. The van der Waals surface area contributed by atoms with Gasteiger partial charge in [0, 0.05) is 5.92 Å². The zero-order valence-electron chi connectivity index (χ0n) is 6.67. The van der Waals surface area contributed by atoms with Gasteiger partial charge in [0.1, 0.15) is 0 Å². The molecule has 0 amide bonds. The third-order valence-electron chi connectivity index (χ3n) is 2.93. The van der Waals surface area contributed by atoms with Crippen molar-refractivity contribution in [2.45, 2.75) is 20.3 Å². The molecule has 3 unspecified atom stereocenters. The van der Waals surface area contributed by atoms with Gasteiger partial charge in [-0.15, -0.1) is 0 Å². The summed E-state index contributed by atoms with van der Waals surface area (Å²) >= 11 is 0. The molecule has 0 aromatic heterocycles. The third-order valence-corrected chi connectivity index (χ3v) is 2.93. The first-order chi connectivity index (χ1) is 4.77. The van der Waals surface area contributed by atoms with E-state index in [1.165, 1.54) is 6.42 Å². The smallest absolute Gasteiger partial charge is 0.00207 e. The van der Waals surface area contributed by atoms with E-state index in [9.17, 15) is 0 Å². The average molecular weight is 134 g/mol. The first-order valence-electron chi connectivity index (χ1n) is 4.17. The van der Waals surface area contributed by atoms with E-state index in [0.29, 0.717) is 0 Å². The van der Waals surface area contributed by atoms with E-state index in [0.717, 1.165) is 17.8 Å². The van der Waals surface area contributed by atoms with E-state index < -0.39 is 0 Å². The minimum absolute atomic E-state index is 0.802. The van der Waals surface area contributed by atoms with Crippen LogP contribution in [0.1, 0.15) is 20.3 Å². The second-order valence-electron chi connectivity index (χ2n) is 3.70. The molecular formula is C10H14. The molecule has 2 aliphatic carbocycles. The molecule has 10 heavy (non-hydrogen) atoms. The lowest BCUT2D eigenvalue weighted by Crippen LogP contribution is -2.22. The second-order valence-corrected chi connectivity index (χ2v) is 3.70. The van der Waals surface area contributed by atoms with Crippen molar-refractivity contribution in [3.63, 3.8) is 0 Å². The summed E-state index contributed by atoms with van der Waals surface area (Å²) in [5.41, 5.74) is 1.59. The van der Waals surface area contributed by atoms with E-state index in [-0.39, 0.29) is 0 Å². The molecule has 2 aliphatic rings. The van der Waals surface area contributed by atoms with Gasteiger partial charge in [-0.05, 0) is 23.8 Å². The zero-order chi connectivity index (χ0) is 7.14. The van der Waals surface area contributed by atoms with Crippen LogP contribution in [0.2, 0.25) is 0 Å². The monoisotopic (exact) mass is 134 g/mol. The number of rotatable bonds is 0. The van der Waals surface area contributed by atoms with Crippen LogP contribution < -0.4 is 0 Å². The van der Waals surface area contributed by atoms with Gasteiger partial charge in [-0.2, -0.15) is 0 Å².